The Morgan fingerprint density at radius 3 is 2.62 bits per heavy atom. The van der Waals surface area contributed by atoms with Crippen LogP contribution >= 0.6 is 23.2 Å². The van der Waals surface area contributed by atoms with E-state index in [1.165, 1.54) is 28.8 Å². The van der Waals surface area contributed by atoms with Crippen LogP contribution in [-0.4, -0.2) is 21.8 Å². The summed E-state index contributed by atoms with van der Waals surface area (Å²) in [5, 5.41) is 3.37. The van der Waals surface area contributed by atoms with Crippen molar-refractivity contribution in [3.63, 3.8) is 0 Å². The van der Waals surface area contributed by atoms with Gasteiger partial charge in [-0.05, 0) is 42.5 Å². The summed E-state index contributed by atoms with van der Waals surface area (Å²) in [6.45, 7) is 0. The summed E-state index contributed by atoms with van der Waals surface area (Å²) in [7, 11) is 1.59. The van der Waals surface area contributed by atoms with E-state index in [1.807, 2.05) is 0 Å². The highest BCUT2D eigenvalue weighted by molar-refractivity contribution is 6.41. The molecule has 0 bridgehead atoms. The molecule has 0 aliphatic heterocycles. The Labute approximate surface area is 200 Å². The van der Waals surface area contributed by atoms with Crippen LogP contribution in [0, 0.1) is 0 Å². The summed E-state index contributed by atoms with van der Waals surface area (Å²) in [4.78, 5) is 29.8. The number of pyridine rings is 2. The lowest BCUT2D eigenvalue weighted by Crippen LogP contribution is -2.19. The molecule has 0 atom stereocenters. The van der Waals surface area contributed by atoms with Gasteiger partial charge in [0.15, 0.2) is 0 Å². The SMILES string of the molecule is Cn1c(=O)c(-c2c(Cl)ccc(NC(=O)c3cccc(OC(F)(F)F)c3)c2Cl)cc2cnccc21. The molecule has 6 nitrogen and oxygen atoms in total. The maximum Gasteiger partial charge on any atom is 0.573 e. The van der Waals surface area contributed by atoms with E-state index in [4.69, 9.17) is 23.2 Å². The topological polar surface area (TPSA) is 73.2 Å². The lowest BCUT2D eigenvalue weighted by atomic mass is 10.0. The van der Waals surface area contributed by atoms with Gasteiger partial charge in [-0.1, -0.05) is 29.3 Å². The van der Waals surface area contributed by atoms with Gasteiger partial charge in [0, 0.05) is 36.0 Å². The van der Waals surface area contributed by atoms with Crippen molar-refractivity contribution in [3.05, 3.63) is 86.9 Å². The second-order valence-corrected chi connectivity index (χ2v) is 7.96. The van der Waals surface area contributed by atoms with Crippen LogP contribution in [0.3, 0.4) is 0 Å². The smallest absolute Gasteiger partial charge is 0.406 e. The fourth-order valence-electron chi connectivity index (χ4n) is 3.43. The molecule has 0 unspecified atom stereocenters. The Morgan fingerprint density at radius 2 is 1.88 bits per heavy atom. The van der Waals surface area contributed by atoms with Crippen LogP contribution in [0.4, 0.5) is 18.9 Å². The predicted octanol–water partition coefficient (Wildman–Crippen LogP) is 6.06. The first-order valence-corrected chi connectivity index (χ1v) is 10.4. The Kier molecular flexibility index (Phi) is 6.24. The zero-order valence-electron chi connectivity index (χ0n) is 17.3. The summed E-state index contributed by atoms with van der Waals surface area (Å²) in [5.74, 6) is -1.28. The summed E-state index contributed by atoms with van der Waals surface area (Å²) in [6, 6.07) is 10.7. The average Bonchev–Trinajstić information content (AvgIpc) is 2.78. The number of anilines is 1. The Bertz CT molecular complexity index is 1490. The molecule has 2 aromatic heterocycles. The molecule has 0 radical (unpaired) electrons. The second kappa shape index (κ2) is 9.00. The van der Waals surface area contributed by atoms with Crippen LogP contribution in [0.5, 0.6) is 5.75 Å². The predicted molar refractivity (Wildman–Crippen MR) is 124 cm³/mol. The summed E-state index contributed by atoms with van der Waals surface area (Å²) >= 11 is 12.9. The molecule has 174 valence electrons. The van der Waals surface area contributed by atoms with E-state index in [9.17, 15) is 22.8 Å². The van der Waals surface area contributed by atoms with Gasteiger partial charge in [-0.3, -0.25) is 14.6 Å². The fourth-order valence-corrected chi connectivity index (χ4v) is 4.05. The highest BCUT2D eigenvalue weighted by Crippen LogP contribution is 2.39. The Hall–Kier alpha value is -3.56. The average molecular weight is 508 g/mol. The van der Waals surface area contributed by atoms with Crippen molar-refractivity contribution < 1.29 is 22.7 Å². The lowest BCUT2D eigenvalue weighted by Gasteiger charge is -2.15. The molecule has 1 N–H and O–H groups in total. The van der Waals surface area contributed by atoms with Gasteiger partial charge in [-0.25, -0.2) is 0 Å². The van der Waals surface area contributed by atoms with Gasteiger partial charge in [0.25, 0.3) is 11.5 Å². The third-order valence-electron chi connectivity index (χ3n) is 4.96. The van der Waals surface area contributed by atoms with E-state index in [0.29, 0.717) is 10.9 Å². The number of nitrogens with one attached hydrogen (secondary N) is 1. The molecule has 1 amide bonds. The third kappa shape index (κ3) is 4.71. The minimum atomic E-state index is -4.90. The molecule has 11 heteroatoms. The summed E-state index contributed by atoms with van der Waals surface area (Å²) in [5.41, 5.74) is 0.684. The number of halogens is 5. The zero-order valence-corrected chi connectivity index (χ0v) is 18.8. The molecular weight excluding hydrogens is 494 g/mol. The molecule has 0 aliphatic carbocycles. The first-order valence-electron chi connectivity index (χ1n) is 9.64. The number of ether oxygens (including phenoxy) is 1. The highest BCUT2D eigenvalue weighted by Gasteiger charge is 2.31. The summed E-state index contributed by atoms with van der Waals surface area (Å²) in [6.07, 6.45) is -1.75. The number of hydrogen-bond acceptors (Lipinski definition) is 4. The first kappa shape index (κ1) is 23.6. The molecule has 2 heterocycles. The molecule has 2 aromatic carbocycles. The van der Waals surface area contributed by atoms with Gasteiger partial charge in [-0.15, -0.1) is 13.2 Å². The second-order valence-electron chi connectivity index (χ2n) is 7.17. The maximum atomic E-state index is 13.0. The molecule has 0 saturated carbocycles. The number of hydrogen-bond donors (Lipinski definition) is 1. The number of aromatic nitrogens is 2. The van der Waals surface area contributed by atoms with Gasteiger partial charge in [0.05, 0.1) is 26.8 Å². The van der Waals surface area contributed by atoms with Crippen LogP contribution in [0.15, 0.2) is 65.7 Å². The van der Waals surface area contributed by atoms with Crippen molar-refractivity contribution in [2.24, 2.45) is 7.05 Å². The van der Waals surface area contributed by atoms with Crippen LogP contribution in [-0.2, 0) is 7.05 Å². The van der Waals surface area contributed by atoms with Gasteiger partial charge in [-0.2, -0.15) is 0 Å². The van der Waals surface area contributed by atoms with Crippen LogP contribution in [0.25, 0.3) is 22.0 Å². The minimum Gasteiger partial charge on any atom is -0.406 e. The van der Waals surface area contributed by atoms with Crippen molar-refractivity contribution in [1.29, 1.82) is 0 Å². The van der Waals surface area contributed by atoms with Gasteiger partial charge >= 0.3 is 6.36 Å². The molecule has 4 rings (SSSR count). The number of amides is 1. The van der Waals surface area contributed by atoms with Gasteiger partial charge < -0.3 is 14.6 Å². The van der Waals surface area contributed by atoms with Crippen LogP contribution in [0.1, 0.15) is 10.4 Å². The number of aryl methyl sites for hydroxylation is 1. The van der Waals surface area contributed by atoms with Gasteiger partial charge in [0.1, 0.15) is 5.75 Å². The van der Waals surface area contributed by atoms with E-state index < -0.39 is 18.0 Å². The normalized spacial score (nSPS) is 11.5. The summed E-state index contributed by atoms with van der Waals surface area (Å²) < 4.78 is 42.8. The molecule has 0 aliphatic rings. The maximum absolute atomic E-state index is 13.0. The van der Waals surface area contributed by atoms with Crippen molar-refractivity contribution in [2.45, 2.75) is 6.36 Å². The molecule has 4 aromatic rings. The molecular formula is C23H14Cl2F3N3O3. The number of carbonyl (C=O) groups is 1. The van der Waals surface area contributed by atoms with Crippen LogP contribution in [0.2, 0.25) is 10.0 Å². The monoisotopic (exact) mass is 507 g/mol. The third-order valence-corrected chi connectivity index (χ3v) is 5.67. The van der Waals surface area contributed by atoms with Gasteiger partial charge in [0.2, 0.25) is 0 Å². The number of rotatable bonds is 4. The highest BCUT2D eigenvalue weighted by atomic mass is 35.5. The van der Waals surface area contributed by atoms with Crippen LogP contribution < -0.4 is 15.6 Å². The zero-order chi connectivity index (χ0) is 24.6. The van der Waals surface area contributed by atoms with Crippen molar-refractivity contribution in [3.8, 4) is 16.9 Å². The quantitative estimate of drug-likeness (QED) is 0.364. The Morgan fingerprint density at radius 1 is 1.12 bits per heavy atom. The lowest BCUT2D eigenvalue weighted by molar-refractivity contribution is -0.274. The first-order chi connectivity index (χ1) is 16.0. The van der Waals surface area contributed by atoms with E-state index in [0.717, 1.165) is 12.1 Å². The number of benzene rings is 2. The number of fused-ring (bicyclic) bond motifs is 1. The largest absolute Gasteiger partial charge is 0.573 e. The molecule has 0 spiro atoms. The number of alkyl halides is 3. The minimum absolute atomic E-state index is 0.0103. The fraction of sp³-hybridized carbons (Fsp3) is 0.0870. The van der Waals surface area contributed by atoms with E-state index in [1.54, 1.807) is 31.6 Å². The van der Waals surface area contributed by atoms with Crippen molar-refractivity contribution in [1.82, 2.24) is 9.55 Å². The standard InChI is InChI=1S/C23H14Cl2F3N3O3/c1-31-18-7-8-29-11-13(18)10-15(22(31)33)19-16(24)5-6-17(20(19)25)30-21(32)12-3-2-4-14(9-12)34-23(26,27)28/h2-11H,1H3,(H,30,32). The van der Waals surface area contributed by atoms with Crippen molar-refractivity contribution >= 4 is 45.7 Å². The Balaban J connectivity index is 1.73. The molecule has 0 saturated heterocycles. The number of nitrogens with zero attached hydrogens (tertiary/aromatic N) is 2. The molecule has 0 fully saturated rings. The van der Waals surface area contributed by atoms with Crippen molar-refractivity contribution in [2.75, 3.05) is 5.32 Å². The van der Waals surface area contributed by atoms with E-state index in [2.05, 4.69) is 15.0 Å². The van der Waals surface area contributed by atoms with E-state index >= 15 is 0 Å². The van der Waals surface area contributed by atoms with E-state index in [-0.39, 0.29) is 38.0 Å². The molecule has 34 heavy (non-hydrogen) atoms. The number of carbonyl (C=O) groups excluding carboxylic acids is 1.